The number of nitrogens with zero attached hydrogens (tertiary/aromatic N) is 3. The molecule has 0 spiro atoms. The van der Waals surface area contributed by atoms with Gasteiger partial charge in [-0.3, -0.25) is 0 Å². The number of ether oxygens (including phenoxy) is 1. The molecule has 0 saturated carbocycles. The average Bonchev–Trinajstić information content (AvgIpc) is 2.74. The number of rotatable bonds is 5. The number of halogens is 2. The van der Waals surface area contributed by atoms with E-state index in [1.165, 1.54) is 18.5 Å². The molecule has 0 aliphatic rings. The van der Waals surface area contributed by atoms with Gasteiger partial charge in [0.1, 0.15) is 12.9 Å². The first-order valence-corrected chi connectivity index (χ1v) is 5.70. The van der Waals surface area contributed by atoms with Crippen molar-refractivity contribution in [3.8, 4) is 5.75 Å². The van der Waals surface area contributed by atoms with Crippen LogP contribution in [0.5, 0.6) is 5.75 Å². The highest BCUT2D eigenvalue weighted by Crippen LogP contribution is 2.24. The zero-order valence-electron chi connectivity index (χ0n) is 10.7. The Kier molecular flexibility index (Phi) is 4.06. The maximum atomic E-state index is 13.7. The van der Waals surface area contributed by atoms with Crippen LogP contribution < -0.4 is 10.1 Å². The third kappa shape index (κ3) is 3.05. The Morgan fingerprint density at radius 1 is 1.32 bits per heavy atom. The van der Waals surface area contributed by atoms with Crippen LogP contribution in [0.3, 0.4) is 0 Å². The van der Waals surface area contributed by atoms with E-state index >= 15 is 0 Å². The van der Waals surface area contributed by atoms with Gasteiger partial charge in [-0.2, -0.15) is 0 Å². The molecule has 0 aliphatic heterocycles. The molecule has 0 radical (unpaired) electrons. The Hall–Kier alpha value is -2.02. The molecule has 0 saturated heterocycles. The summed E-state index contributed by atoms with van der Waals surface area (Å²) in [6.07, 6.45) is 1.49. The van der Waals surface area contributed by atoms with Crippen molar-refractivity contribution in [1.82, 2.24) is 20.1 Å². The van der Waals surface area contributed by atoms with E-state index in [-0.39, 0.29) is 6.61 Å². The van der Waals surface area contributed by atoms with Gasteiger partial charge in [-0.25, -0.2) is 8.78 Å². The van der Waals surface area contributed by atoms with E-state index in [4.69, 9.17) is 4.74 Å². The van der Waals surface area contributed by atoms with Gasteiger partial charge in [0.25, 0.3) is 0 Å². The van der Waals surface area contributed by atoms with Crippen LogP contribution in [-0.2, 0) is 20.2 Å². The fourth-order valence-corrected chi connectivity index (χ4v) is 1.63. The summed E-state index contributed by atoms with van der Waals surface area (Å²) in [7, 11) is 3.43. The Morgan fingerprint density at radius 3 is 2.53 bits per heavy atom. The molecule has 19 heavy (non-hydrogen) atoms. The summed E-state index contributed by atoms with van der Waals surface area (Å²) >= 11 is 0. The number of hydrogen-bond donors (Lipinski definition) is 1. The predicted octanol–water partition coefficient (Wildman–Crippen LogP) is 1.39. The molecule has 7 heteroatoms. The maximum absolute atomic E-state index is 13.7. The van der Waals surface area contributed by atoms with Gasteiger partial charge in [0.05, 0.1) is 0 Å². The average molecular weight is 268 g/mol. The second-order valence-electron chi connectivity index (χ2n) is 4.07. The lowest BCUT2D eigenvalue weighted by Crippen LogP contribution is -2.08. The smallest absolute Gasteiger partial charge is 0.191 e. The number of hydrogen-bond acceptors (Lipinski definition) is 4. The normalized spacial score (nSPS) is 10.7. The number of nitrogens with one attached hydrogen (secondary N) is 1. The lowest BCUT2D eigenvalue weighted by molar-refractivity contribution is 0.262. The van der Waals surface area contributed by atoms with Gasteiger partial charge in [-0.15, -0.1) is 10.2 Å². The maximum Gasteiger partial charge on any atom is 0.191 e. The summed E-state index contributed by atoms with van der Waals surface area (Å²) in [6.45, 7) is 0.340. The first-order chi connectivity index (χ1) is 9.11. The van der Waals surface area contributed by atoms with E-state index in [1.807, 2.05) is 0 Å². The third-order valence-electron chi connectivity index (χ3n) is 2.59. The van der Waals surface area contributed by atoms with Crippen LogP contribution in [0.1, 0.15) is 11.4 Å². The van der Waals surface area contributed by atoms with Gasteiger partial charge in [-0.05, 0) is 24.7 Å². The SMILES string of the molecule is CNCc1cc(F)c(OCc2nncn2C)c(F)c1. The van der Waals surface area contributed by atoms with E-state index < -0.39 is 17.4 Å². The van der Waals surface area contributed by atoms with Gasteiger partial charge in [0.15, 0.2) is 23.2 Å². The minimum atomic E-state index is -0.729. The molecule has 2 aromatic rings. The summed E-state index contributed by atoms with van der Waals surface area (Å²) in [6, 6.07) is 2.48. The molecule has 0 amide bonds. The van der Waals surface area contributed by atoms with Crippen molar-refractivity contribution in [3.05, 3.63) is 41.5 Å². The predicted molar refractivity (Wildman–Crippen MR) is 64.5 cm³/mol. The van der Waals surface area contributed by atoms with Crippen LogP contribution in [-0.4, -0.2) is 21.8 Å². The van der Waals surface area contributed by atoms with Crippen LogP contribution >= 0.6 is 0 Å². The summed E-state index contributed by atoms with van der Waals surface area (Å²) in [4.78, 5) is 0. The molecule has 5 nitrogen and oxygen atoms in total. The molecule has 2 rings (SSSR count). The second kappa shape index (κ2) is 5.75. The molecular weight excluding hydrogens is 254 g/mol. The monoisotopic (exact) mass is 268 g/mol. The molecule has 102 valence electrons. The zero-order chi connectivity index (χ0) is 13.8. The summed E-state index contributed by atoms with van der Waals surface area (Å²) < 4.78 is 34.2. The fourth-order valence-electron chi connectivity index (χ4n) is 1.63. The lowest BCUT2D eigenvalue weighted by atomic mass is 10.2. The molecule has 1 aromatic carbocycles. The van der Waals surface area contributed by atoms with Crippen molar-refractivity contribution in [3.63, 3.8) is 0 Å². The van der Waals surface area contributed by atoms with Crippen molar-refractivity contribution in [2.75, 3.05) is 7.05 Å². The number of aromatic nitrogens is 3. The van der Waals surface area contributed by atoms with E-state index in [0.717, 1.165) is 0 Å². The summed E-state index contributed by atoms with van der Waals surface area (Å²) in [5, 5.41) is 10.2. The Balaban J connectivity index is 2.14. The van der Waals surface area contributed by atoms with E-state index in [9.17, 15) is 8.78 Å². The van der Waals surface area contributed by atoms with Crippen LogP contribution in [0.25, 0.3) is 0 Å². The first-order valence-electron chi connectivity index (χ1n) is 5.70. The molecule has 1 N–H and O–H groups in total. The van der Waals surface area contributed by atoms with Gasteiger partial charge >= 0.3 is 0 Å². The third-order valence-corrected chi connectivity index (χ3v) is 2.59. The zero-order valence-corrected chi connectivity index (χ0v) is 10.7. The quantitative estimate of drug-likeness (QED) is 0.890. The number of benzene rings is 1. The van der Waals surface area contributed by atoms with Gasteiger partial charge in [-0.1, -0.05) is 0 Å². The Bertz CT molecular complexity index is 548. The van der Waals surface area contributed by atoms with Gasteiger partial charge in [0, 0.05) is 13.6 Å². The van der Waals surface area contributed by atoms with E-state index in [0.29, 0.717) is 17.9 Å². The van der Waals surface area contributed by atoms with Crippen molar-refractivity contribution in [2.24, 2.45) is 7.05 Å². The lowest BCUT2D eigenvalue weighted by Gasteiger charge is -2.09. The van der Waals surface area contributed by atoms with Crippen LogP contribution in [0, 0.1) is 11.6 Å². The molecule has 0 atom stereocenters. The van der Waals surface area contributed by atoms with Crippen LogP contribution in [0.4, 0.5) is 8.78 Å². The minimum absolute atomic E-state index is 0.0459. The largest absolute Gasteiger partial charge is 0.479 e. The molecular formula is C12H14F2N4O. The van der Waals surface area contributed by atoms with Crippen molar-refractivity contribution < 1.29 is 13.5 Å². The topological polar surface area (TPSA) is 52.0 Å². The molecule has 0 bridgehead atoms. The highest BCUT2D eigenvalue weighted by Gasteiger charge is 2.13. The summed E-state index contributed by atoms with van der Waals surface area (Å²) in [5.41, 5.74) is 0.517. The molecule has 1 heterocycles. The second-order valence-corrected chi connectivity index (χ2v) is 4.07. The number of aryl methyl sites for hydroxylation is 1. The highest BCUT2D eigenvalue weighted by molar-refractivity contribution is 5.31. The molecule has 0 unspecified atom stereocenters. The minimum Gasteiger partial charge on any atom is -0.479 e. The Morgan fingerprint density at radius 2 is 2.00 bits per heavy atom. The highest BCUT2D eigenvalue weighted by atomic mass is 19.1. The molecule has 0 fully saturated rings. The van der Waals surface area contributed by atoms with E-state index in [1.54, 1.807) is 18.7 Å². The standard InChI is InChI=1S/C12H14F2N4O/c1-15-5-8-3-9(13)12(10(14)4-8)19-6-11-17-16-7-18(11)2/h3-4,7,15H,5-6H2,1-2H3. The van der Waals surface area contributed by atoms with Crippen LogP contribution in [0.2, 0.25) is 0 Å². The van der Waals surface area contributed by atoms with Crippen LogP contribution in [0.15, 0.2) is 18.5 Å². The van der Waals surface area contributed by atoms with Gasteiger partial charge < -0.3 is 14.6 Å². The molecule has 0 aliphatic carbocycles. The first kappa shape index (κ1) is 13.4. The van der Waals surface area contributed by atoms with Gasteiger partial charge in [0.2, 0.25) is 0 Å². The van der Waals surface area contributed by atoms with Crippen molar-refractivity contribution in [2.45, 2.75) is 13.2 Å². The van der Waals surface area contributed by atoms with Crippen molar-refractivity contribution in [1.29, 1.82) is 0 Å². The molecule has 1 aromatic heterocycles. The fraction of sp³-hybridized carbons (Fsp3) is 0.333. The summed E-state index contributed by atoms with van der Waals surface area (Å²) in [5.74, 6) is -1.37. The van der Waals surface area contributed by atoms with Crippen molar-refractivity contribution >= 4 is 0 Å². The van der Waals surface area contributed by atoms with E-state index in [2.05, 4.69) is 15.5 Å². The Labute approximate surface area is 109 Å².